The zero-order valence-corrected chi connectivity index (χ0v) is 8.36. The molecule has 0 aliphatic heterocycles. The highest BCUT2D eigenvalue weighted by molar-refractivity contribution is 7.27. The van der Waals surface area contributed by atoms with E-state index >= 15 is 0 Å². The molecule has 1 heterocycles. The first-order valence-corrected chi connectivity index (χ1v) is 4.38. The van der Waals surface area contributed by atoms with E-state index in [4.69, 9.17) is 5.26 Å². The van der Waals surface area contributed by atoms with Crippen LogP contribution in [0.5, 0.6) is 0 Å². The topological polar surface area (TPSA) is 36.7 Å². The fourth-order valence-electron chi connectivity index (χ4n) is 1.04. The fourth-order valence-corrected chi connectivity index (χ4v) is 1.28. The number of rotatable bonds is 1. The molecule has 0 saturated heterocycles. The first kappa shape index (κ1) is 9.16. The summed E-state index contributed by atoms with van der Waals surface area (Å²) in [6.07, 6.45) is 1.76. The van der Waals surface area contributed by atoms with Crippen LogP contribution in [0.15, 0.2) is 12.3 Å². The molecule has 0 saturated carbocycles. The lowest BCUT2D eigenvalue weighted by molar-refractivity contribution is 0.819. The van der Waals surface area contributed by atoms with E-state index in [1.54, 1.807) is 6.20 Å². The fraction of sp³-hybridized carbons (Fsp3) is 0.333. The molecule has 62 valence electrons. The molecule has 0 fully saturated rings. The molecule has 1 atom stereocenters. The molecule has 1 rings (SSSR count). The number of nitriles is 1. The zero-order chi connectivity index (χ0) is 9.14. The molecule has 1 unspecified atom stereocenters. The van der Waals surface area contributed by atoms with E-state index < -0.39 is 0 Å². The Hall–Kier alpha value is -0.930. The van der Waals surface area contributed by atoms with Crippen molar-refractivity contribution in [3.63, 3.8) is 0 Å². The third-order valence-corrected chi connectivity index (χ3v) is 1.92. The number of aromatic nitrogens is 1. The average molecular weight is 178 g/mol. The van der Waals surface area contributed by atoms with Crippen molar-refractivity contribution in [3.05, 3.63) is 23.5 Å². The van der Waals surface area contributed by atoms with Gasteiger partial charge in [0.1, 0.15) is 6.07 Å². The van der Waals surface area contributed by atoms with Crippen LogP contribution in [0.4, 0.5) is 0 Å². The van der Waals surface area contributed by atoms with Crippen LogP contribution in [0, 0.1) is 11.3 Å². The van der Waals surface area contributed by atoms with Gasteiger partial charge in [-0.25, -0.2) is 0 Å². The van der Waals surface area contributed by atoms with Gasteiger partial charge in [0, 0.05) is 6.20 Å². The highest BCUT2D eigenvalue weighted by atomic mass is 31.0. The molecular weight excluding hydrogens is 167 g/mol. The summed E-state index contributed by atoms with van der Waals surface area (Å²) < 4.78 is 0. The molecule has 0 amide bonds. The third-order valence-electron chi connectivity index (χ3n) is 1.61. The van der Waals surface area contributed by atoms with Gasteiger partial charge in [0.05, 0.1) is 11.3 Å². The van der Waals surface area contributed by atoms with Gasteiger partial charge in [0.15, 0.2) is 0 Å². The van der Waals surface area contributed by atoms with Crippen molar-refractivity contribution in [2.75, 3.05) is 0 Å². The number of hydrogen-bond acceptors (Lipinski definition) is 2. The van der Waals surface area contributed by atoms with Crippen molar-refractivity contribution in [2.24, 2.45) is 0 Å². The maximum absolute atomic E-state index is 8.79. The van der Waals surface area contributed by atoms with E-state index in [-0.39, 0.29) is 0 Å². The van der Waals surface area contributed by atoms with Crippen molar-refractivity contribution in [3.8, 4) is 6.07 Å². The van der Waals surface area contributed by atoms with Gasteiger partial charge < -0.3 is 0 Å². The van der Waals surface area contributed by atoms with Gasteiger partial charge >= 0.3 is 0 Å². The van der Waals surface area contributed by atoms with Crippen molar-refractivity contribution >= 4 is 14.5 Å². The standard InChI is InChI=1S/C9H11N2P/c1-6(2)9-7(4-10)3-8(12)5-11-9/h3,5-6H,12H2,1-2H3. The van der Waals surface area contributed by atoms with E-state index in [0.29, 0.717) is 11.5 Å². The summed E-state index contributed by atoms with van der Waals surface area (Å²) in [4.78, 5) is 4.21. The van der Waals surface area contributed by atoms with Gasteiger partial charge in [-0.3, -0.25) is 4.98 Å². The lowest BCUT2D eigenvalue weighted by Gasteiger charge is -2.05. The van der Waals surface area contributed by atoms with Crippen molar-refractivity contribution in [1.29, 1.82) is 5.26 Å². The minimum absolute atomic E-state index is 0.310. The normalized spacial score (nSPS) is 9.92. The average Bonchev–Trinajstić information content (AvgIpc) is 2.03. The van der Waals surface area contributed by atoms with E-state index in [1.165, 1.54) is 0 Å². The number of nitrogens with zero attached hydrogens (tertiary/aromatic N) is 2. The SMILES string of the molecule is CC(C)c1ncc(P)cc1C#N. The summed E-state index contributed by atoms with van der Waals surface area (Å²) in [5, 5.41) is 9.75. The Balaban J connectivity index is 3.23. The first-order chi connectivity index (χ1) is 5.65. The molecule has 0 radical (unpaired) electrons. The maximum Gasteiger partial charge on any atom is 0.101 e. The first-order valence-electron chi connectivity index (χ1n) is 3.80. The molecule has 1 aromatic heterocycles. The quantitative estimate of drug-likeness (QED) is 0.612. The summed E-state index contributed by atoms with van der Waals surface area (Å²) in [6.45, 7) is 4.07. The highest BCUT2D eigenvalue weighted by Gasteiger charge is 2.06. The van der Waals surface area contributed by atoms with E-state index in [9.17, 15) is 0 Å². The van der Waals surface area contributed by atoms with Crippen LogP contribution in [0.25, 0.3) is 0 Å². The van der Waals surface area contributed by atoms with Crippen LogP contribution >= 0.6 is 9.24 Å². The summed E-state index contributed by atoms with van der Waals surface area (Å²) in [7, 11) is 2.53. The summed E-state index contributed by atoms with van der Waals surface area (Å²) in [5.74, 6) is 0.310. The van der Waals surface area contributed by atoms with Gasteiger partial charge in [-0.15, -0.1) is 9.24 Å². The molecule has 2 nitrogen and oxygen atoms in total. The molecule has 0 bridgehead atoms. The van der Waals surface area contributed by atoms with Crippen LogP contribution in [-0.2, 0) is 0 Å². The number of hydrogen-bond donors (Lipinski definition) is 0. The second kappa shape index (κ2) is 3.65. The smallest absolute Gasteiger partial charge is 0.101 e. The van der Waals surface area contributed by atoms with Crippen molar-refractivity contribution < 1.29 is 0 Å². The van der Waals surface area contributed by atoms with Gasteiger partial charge in [0.25, 0.3) is 0 Å². The summed E-state index contributed by atoms with van der Waals surface area (Å²) >= 11 is 0. The Morgan fingerprint density at radius 1 is 1.58 bits per heavy atom. The predicted octanol–water partition coefficient (Wildman–Crippen LogP) is 1.58. The molecule has 3 heteroatoms. The molecule has 12 heavy (non-hydrogen) atoms. The molecule has 1 aromatic rings. The highest BCUT2D eigenvalue weighted by Crippen LogP contribution is 2.14. The van der Waals surface area contributed by atoms with Gasteiger partial charge in [0.2, 0.25) is 0 Å². The van der Waals surface area contributed by atoms with Crippen LogP contribution < -0.4 is 5.30 Å². The molecule has 0 aliphatic rings. The molecule has 0 aliphatic carbocycles. The Morgan fingerprint density at radius 2 is 2.25 bits per heavy atom. The van der Waals surface area contributed by atoms with Crippen LogP contribution in [-0.4, -0.2) is 4.98 Å². The van der Waals surface area contributed by atoms with Crippen LogP contribution in [0.2, 0.25) is 0 Å². The third kappa shape index (κ3) is 1.81. The monoisotopic (exact) mass is 178 g/mol. The molecular formula is C9H11N2P. The Morgan fingerprint density at radius 3 is 2.75 bits per heavy atom. The largest absolute Gasteiger partial charge is 0.259 e. The lowest BCUT2D eigenvalue weighted by atomic mass is 10.1. The lowest BCUT2D eigenvalue weighted by Crippen LogP contribution is -2.02. The van der Waals surface area contributed by atoms with Gasteiger partial charge in [-0.2, -0.15) is 5.26 Å². The van der Waals surface area contributed by atoms with E-state index in [2.05, 4.69) is 20.3 Å². The zero-order valence-electron chi connectivity index (χ0n) is 7.20. The van der Waals surface area contributed by atoms with Crippen molar-refractivity contribution in [2.45, 2.75) is 19.8 Å². The Kier molecular flexibility index (Phi) is 2.78. The Bertz CT molecular complexity index is 326. The molecule has 0 spiro atoms. The number of pyridine rings is 1. The minimum Gasteiger partial charge on any atom is -0.259 e. The summed E-state index contributed by atoms with van der Waals surface area (Å²) in [5.41, 5.74) is 1.56. The van der Waals surface area contributed by atoms with Crippen LogP contribution in [0.1, 0.15) is 31.0 Å². The Labute approximate surface area is 74.8 Å². The molecule has 0 aromatic carbocycles. The van der Waals surface area contributed by atoms with Gasteiger partial charge in [-0.1, -0.05) is 13.8 Å². The van der Waals surface area contributed by atoms with E-state index in [0.717, 1.165) is 11.0 Å². The maximum atomic E-state index is 8.79. The summed E-state index contributed by atoms with van der Waals surface area (Å²) in [6, 6.07) is 3.98. The van der Waals surface area contributed by atoms with Gasteiger partial charge in [-0.05, 0) is 17.3 Å². The predicted molar refractivity (Wildman–Crippen MR) is 52.4 cm³/mol. The van der Waals surface area contributed by atoms with E-state index in [1.807, 2.05) is 19.9 Å². The second-order valence-corrected chi connectivity index (χ2v) is 3.63. The van der Waals surface area contributed by atoms with Crippen molar-refractivity contribution in [1.82, 2.24) is 4.98 Å². The minimum atomic E-state index is 0.310. The molecule has 0 N–H and O–H groups in total. The van der Waals surface area contributed by atoms with Crippen LogP contribution in [0.3, 0.4) is 0 Å². The second-order valence-electron chi connectivity index (χ2n) is 2.97.